The molecule has 1 amide bonds. The predicted molar refractivity (Wildman–Crippen MR) is 95.0 cm³/mol. The lowest BCUT2D eigenvalue weighted by Crippen LogP contribution is -2.45. The number of carbonyl (C=O) groups is 2. The van der Waals surface area contributed by atoms with Crippen LogP contribution < -0.4 is 5.32 Å². The number of fused-ring (bicyclic) bond motifs is 1. The molecule has 0 aliphatic carbocycles. The number of rotatable bonds is 1. The van der Waals surface area contributed by atoms with Crippen LogP contribution in [0.5, 0.6) is 0 Å². The van der Waals surface area contributed by atoms with Gasteiger partial charge in [0.2, 0.25) is 0 Å². The Labute approximate surface area is 153 Å². The largest absolute Gasteiger partial charge is 0.463 e. The number of cyclic esters (lactones) is 1. The number of amides is 1. The average molecular weight is 359 g/mol. The van der Waals surface area contributed by atoms with E-state index in [0.29, 0.717) is 0 Å². The minimum atomic E-state index is -0.911. The van der Waals surface area contributed by atoms with Crippen LogP contribution >= 0.6 is 0 Å². The minimum absolute atomic E-state index is 0.0117. The van der Waals surface area contributed by atoms with Crippen molar-refractivity contribution in [3.05, 3.63) is 48.0 Å². The highest BCUT2D eigenvalue weighted by Crippen LogP contribution is 2.30. The Morgan fingerprint density at radius 3 is 2.58 bits per heavy atom. The van der Waals surface area contributed by atoms with Crippen LogP contribution in [0, 0.1) is 5.92 Å². The fourth-order valence-electron chi connectivity index (χ4n) is 3.32. The topological polar surface area (TPSA) is 73.9 Å². The summed E-state index contributed by atoms with van der Waals surface area (Å²) in [6.45, 7) is 5.47. The maximum absolute atomic E-state index is 12.9. The number of hydrogen-bond donors (Lipinski definition) is 1. The number of hydrogen-bond acceptors (Lipinski definition) is 5. The Hall–Kier alpha value is -2.18. The Bertz CT molecular complexity index is 685. The summed E-state index contributed by atoms with van der Waals surface area (Å²) in [5.41, 5.74) is 0.993. The summed E-state index contributed by atoms with van der Waals surface area (Å²) in [6.07, 6.45) is 2.42. The third kappa shape index (κ3) is 4.31. The highest BCUT2D eigenvalue weighted by atomic mass is 16.8. The molecule has 3 rings (SSSR count). The highest BCUT2D eigenvalue weighted by molar-refractivity contribution is 5.82. The van der Waals surface area contributed by atoms with Crippen molar-refractivity contribution in [2.45, 2.75) is 51.2 Å². The molecular formula is C20H25NO5. The summed E-state index contributed by atoms with van der Waals surface area (Å²) in [5.74, 6) is -1.54. The van der Waals surface area contributed by atoms with E-state index in [2.05, 4.69) is 5.32 Å². The van der Waals surface area contributed by atoms with E-state index in [1.54, 1.807) is 19.9 Å². The zero-order valence-electron chi connectivity index (χ0n) is 15.3. The van der Waals surface area contributed by atoms with Gasteiger partial charge in [-0.05, 0) is 25.3 Å². The lowest BCUT2D eigenvalue weighted by molar-refractivity contribution is -0.161. The summed E-state index contributed by atoms with van der Waals surface area (Å²) in [7, 11) is 0. The van der Waals surface area contributed by atoms with Gasteiger partial charge in [-0.15, -0.1) is 0 Å². The molecule has 0 unspecified atom stereocenters. The van der Waals surface area contributed by atoms with Gasteiger partial charge in [-0.25, -0.2) is 0 Å². The zero-order chi connectivity index (χ0) is 18.7. The van der Waals surface area contributed by atoms with Crippen molar-refractivity contribution < 1.29 is 23.8 Å². The molecule has 6 heteroatoms. The van der Waals surface area contributed by atoms with Crippen LogP contribution in [0.2, 0.25) is 0 Å². The fourth-order valence-corrected chi connectivity index (χ4v) is 3.32. The Morgan fingerprint density at radius 1 is 1.12 bits per heavy atom. The van der Waals surface area contributed by atoms with Crippen LogP contribution in [-0.2, 0) is 23.8 Å². The van der Waals surface area contributed by atoms with Crippen LogP contribution in [0.3, 0.4) is 0 Å². The Balaban J connectivity index is 1.90. The molecule has 0 radical (unpaired) electrons. The van der Waals surface area contributed by atoms with Gasteiger partial charge in [-0.1, -0.05) is 49.4 Å². The Kier molecular flexibility index (Phi) is 5.44. The number of carbonyl (C=O) groups excluding carboxylic acids is 2. The van der Waals surface area contributed by atoms with Crippen LogP contribution in [-0.4, -0.2) is 36.5 Å². The molecule has 0 aromatic heterocycles. The van der Waals surface area contributed by atoms with Crippen molar-refractivity contribution in [1.82, 2.24) is 5.32 Å². The molecule has 2 aliphatic rings. The van der Waals surface area contributed by atoms with Crippen LogP contribution in [0.1, 0.15) is 38.8 Å². The lowest BCUT2D eigenvalue weighted by Gasteiger charge is -2.26. The van der Waals surface area contributed by atoms with Crippen molar-refractivity contribution in [2.24, 2.45) is 5.92 Å². The van der Waals surface area contributed by atoms with Gasteiger partial charge in [-0.3, -0.25) is 9.59 Å². The number of benzene rings is 1. The smallest absolute Gasteiger partial charge is 0.309 e. The van der Waals surface area contributed by atoms with E-state index in [1.807, 2.05) is 43.3 Å². The van der Waals surface area contributed by atoms with E-state index >= 15 is 0 Å². The molecule has 1 aromatic rings. The SMILES string of the molecule is C[C@H]1/C=C/CC(=O)OC[C@@H]2OC(C)(C)O[C@@H]2C(=O)N[C@H]1c1ccccc1. The van der Waals surface area contributed by atoms with E-state index in [9.17, 15) is 9.59 Å². The van der Waals surface area contributed by atoms with E-state index < -0.39 is 18.0 Å². The summed E-state index contributed by atoms with van der Waals surface area (Å²) < 4.78 is 16.8. The molecule has 1 N–H and O–H groups in total. The summed E-state index contributed by atoms with van der Waals surface area (Å²) in [4.78, 5) is 24.8. The zero-order valence-corrected chi connectivity index (χ0v) is 15.3. The molecule has 1 saturated heterocycles. The summed E-state index contributed by atoms with van der Waals surface area (Å²) in [6, 6.07) is 9.53. The van der Waals surface area contributed by atoms with Crippen LogP contribution in [0.4, 0.5) is 0 Å². The van der Waals surface area contributed by atoms with E-state index in [4.69, 9.17) is 14.2 Å². The van der Waals surface area contributed by atoms with Gasteiger partial charge in [0, 0.05) is 0 Å². The maximum Gasteiger partial charge on any atom is 0.309 e. The second kappa shape index (κ2) is 7.60. The van der Waals surface area contributed by atoms with Crippen molar-refractivity contribution in [3.63, 3.8) is 0 Å². The second-order valence-corrected chi connectivity index (χ2v) is 7.17. The van der Waals surface area contributed by atoms with Gasteiger partial charge >= 0.3 is 5.97 Å². The van der Waals surface area contributed by atoms with Crippen molar-refractivity contribution >= 4 is 11.9 Å². The van der Waals surface area contributed by atoms with Crippen molar-refractivity contribution in [1.29, 1.82) is 0 Å². The highest BCUT2D eigenvalue weighted by Gasteiger charge is 2.46. The summed E-state index contributed by atoms with van der Waals surface area (Å²) in [5, 5.41) is 3.09. The van der Waals surface area contributed by atoms with Crippen molar-refractivity contribution in [2.75, 3.05) is 6.61 Å². The molecule has 6 nitrogen and oxygen atoms in total. The van der Waals surface area contributed by atoms with Gasteiger partial charge < -0.3 is 19.5 Å². The number of nitrogens with one attached hydrogen (secondary N) is 1. The third-order valence-electron chi connectivity index (χ3n) is 4.56. The van der Waals surface area contributed by atoms with Crippen molar-refractivity contribution in [3.8, 4) is 0 Å². The number of ether oxygens (including phenoxy) is 3. The fraction of sp³-hybridized carbons (Fsp3) is 0.500. The van der Waals surface area contributed by atoms with Gasteiger partial charge in [0.1, 0.15) is 12.7 Å². The molecule has 1 aromatic carbocycles. The van der Waals surface area contributed by atoms with Gasteiger partial charge in [0.05, 0.1) is 12.5 Å². The monoisotopic (exact) mass is 359 g/mol. The molecule has 4 atom stereocenters. The molecule has 0 saturated carbocycles. The number of esters is 1. The lowest BCUT2D eigenvalue weighted by atomic mass is 9.93. The molecule has 2 aliphatic heterocycles. The first-order valence-corrected chi connectivity index (χ1v) is 8.89. The minimum Gasteiger partial charge on any atom is -0.463 e. The molecule has 26 heavy (non-hydrogen) atoms. The molecule has 140 valence electrons. The molecular weight excluding hydrogens is 334 g/mol. The first kappa shape index (κ1) is 18.6. The van der Waals surface area contributed by atoms with Crippen LogP contribution in [0.15, 0.2) is 42.5 Å². The third-order valence-corrected chi connectivity index (χ3v) is 4.56. The first-order chi connectivity index (χ1) is 12.4. The normalized spacial score (nSPS) is 33.2. The van der Waals surface area contributed by atoms with Crippen LogP contribution in [0.25, 0.3) is 0 Å². The second-order valence-electron chi connectivity index (χ2n) is 7.17. The van der Waals surface area contributed by atoms with E-state index in [-0.39, 0.29) is 36.9 Å². The maximum atomic E-state index is 12.9. The molecule has 2 heterocycles. The van der Waals surface area contributed by atoms with Gasteiger partial charge in [0.15, 0.2) is 11.9 Å². The Morgan fingerprint density at radius 2 is 1.85 bits per heavy atom. The molecule has 0 spiro atoms. The quantitative estimate of drug-likeness (QED) is 0.616. The average Bonchev–Trinajstić information content (AvgIpc) is 2.92. The molecule has 1 fully saturated rings. The summed E-state index contributed by atoms with van der Waals surface area (Å²) >= 11 is 0. The molecule has 0 bridgehead atoms. The first-order valence-electron chi connectivity index (χ1n) is 8.89. The standard InChI is InChI=1S/C20H25NO5/c1-13-8-7-11-16(22)24-12-15-18(26-20(2,3)25-15)19(23)21-17(13)14-9-5-4-6-10-14/h4-10,13,15,17-18H,11-12H2,1-3H3,(H,21,23)/b8-7+/t13-,15-,17+,18-/m0/s1. The predicted octanol–water partition coefficient (Wildman–Crippen LogP) is 2.50. The van der Waals surface area contributed by atoms with E-state index in [1.165, 1.54) is 0 Å². The van der Waals surface area contributed by atoms with Gasteiger partial charge in [0.25, 0.3) is 5.91 Å². The van der Waals surface area contributed by atoms with Gasteiger partial charge in [-0.2, -0.15) is 0 Å². The van der Waals surface area contributed by atoms with E-state index in [0.717, 1.165) is 5.56 Å².